The van der Waals surface area contributed by atoms with Gasteiger partial charge in [-0.3, -0.25) is 14.9 Å². The number of anilines is 2. The van der Waals surface area contributed by atoms with E-state index >= 15 is 0 Å². The van der Waals surface area contributed by atoms with Crippen molar-refractivity contribution in [2.75, 3.05) is 43.1 Å². The number of morpholine rings is 1. The molecule has 234 valence electrons. The summed E-state index contributed by atoms with van der Waals surface area (Å²) in [5.74, 6) is -3.43. The lowest BCUT2D eigenvalue weighted by Crippen LogP contribution is -2.41. The highest BCUT2D eigenvalue weighted by molar-refractivity contribution is 7.89. The van der Waals surface area contributed by atoms with Crippen LogP contribution in [0.25, 0.3) is 0 Å². The fourth-order valence-corrected chi connectivity index (χ4v) is 7.01. The summed E-state index contributed by atoms with van der Waals surface area (Å²) in [7, 11) is -4.53. The van der Waals surface area contributed by atoms with Gasteiger partial charge in [0.2, 0.25) is 10.0 Å². The molecular weight excluding hydrogens is 606 g/mol. The average Bonchev–Trinajstić information content (AvgIpc) is 3.47. The maximum atomic E-state index is 14.0. The third-order valence-electron chi connectivity index (χ3n) is 7.38. The fraction of sp³-hybridized carbons (Fsp3) is 0.370. The number of halogens is 2. The zero-order valence-corrected chi connectivity index (χ0v) is 24.7. The number of hydrogen-bond donors (Lipinski definition) is 1. The summed E-state index contributed by atoms with van der Waals surface area (Å²) in [6, 6.07) is 5.98. The van der Waals surface area contributed by atoms with Gasteiger partial charge in [-0.2, -0.15) is 9.40 Å². The van der Waals surface area contributed by atoms with Crippen molar-refractivity contribution in [2.24, 2.45) is 0 Å². The van der Waals surface area contributed by atoms with E-state index in [9.17, 15) is 36.9 Å². The Bertz CT molecular complexity index is 1750. The number of benzene rings is 2. The van der Waals surface area contributed by atoms with Gasteiger partial charge in [-0.05, 0) is 45.0 Å². The van der Waals surface area contributed by atoms with Crippen molar-refractivity contribution in [3.8, 4) is 0 Å². The number of rotatable bonds is 7. The summed E-state index contributed by atoms with van der Waals surface area (Å²) in [4.78, 5) is 38.9. The van der Waals surface area contributed by atoms with Gasteiger partial charge in [0, 0.05) is 43.0 Å². The predicted octanol–water partition coefficient (Wildman–Crippen LogP) is 3.60. The molecule has 3 heterocycles. The second-order valence-corrected chi connectivity index (χ2v) is 12.3. The fourth-order valence-electron chi connectivity index (χ4n) is 5.24. The van der Waals surface area contributed by atoms with Crippen molar-refractivity contribution in [3.05, 3.63) is 75.0 Å². The van der Waals surface area contributed by atoms with E-state index < -0.39 is 61.2 Å². The zero-order valence-electron chi connectivity index (χ0n) is 23.9. The minimum absolute atomic E-state index is 0.0541. The lowest BCUT2D eigenvalue weighted by molar-refractivity contribution is -0.385. The number of carbonyl (C=O) groups excluding carboxylic acids is 2. The molecule has 1 aromatic heterocycles. The van der Waals surface area contributed by atoms with Gasteiger partial charge in [0.05, 0.1) is 40.9 Å². The van der Waals surface area contributed by atoms with E-state index in [1.54, 1.807) is 13.0 Å². The Morgan fingerprint density at radius 2 is 1.80 bits per heavy atom. The highest BCUT2D eigenvalue weighted by Gasteiger charge is 2.49. The van der Waals surface area contributed by atoms with Crippen molar-refractivity contribution < 1.29 is 41.2 Å². The first-order valence-corrected chi connectivity index (χ1v) is 14.9. The summed E-state index contributed by atoms with van der Waals surface area (Å²) in [5.41, 5.74) is -1.63. The molecule has 0 radical (unpaired) electrons. The molecule has 0 spiro atoms. The molecule has 0 aliphatic carbocycles. The van der Waals surface area contributed by atoms with Gasteiger partial charge in [-0.1, -0.05) is 0 Å². The number of nitro benzene ring substituents is 1. The molecule has 2 aliphatic heterocycles. The SMILES string of the molecule is CCOC(=O)n1nc2c(c1NC(=O)c1ccc(N3CCOCC3)cc1[N+](=O)[O-])CN(S(=O)(=O)c1cc(F)cc(F)c1)C2(C)C. The number of nitrogens with one attached hydrogen (secondary N) is 1. The first kappa shape index (κ1) is 31.0. The molecule has 1 N–H and O–H groups in total. The van der Waals surface area contributed by atoms with Crippen LogP contribution in [-0.2, 0) is 31.6 Å². The molecular formula is C27H28F2N6O8S. The Kier molecular flexibility index (Phi) is 8.13. The number of aromatic nitrogens is 2. The molecule has 1 saturated heterocycles. The van der Waals surface area contributed by atoms with Crippen LogP contribution >= 0.6 is 0 Å². The van der Waals surface area contributed by atoms with Gasteiger partial charge in [0.25, 0.3) is 11.6 Å². The van der Waals surface area contributed by atoms with E-state index in [1.807, 2.05) is 4.90 Å². The Morgan fingerprint density at radius 3 is 2.41 bits per heavy atom. The quantitative estimate of drug-likeness (QED) is 0.300. The largest absolute Gasteiger partial charge is 0.448 e. The van der Waals surface area contributed by atoms with E-state index in [2.05, 4.69) is 10.4 Å². The molecule has 1 fully saturated rings. The molecule has 17 heteroatoms. The van der Waals surface area contributed by atoms with Crippen LogP contribution < -0.4 is 10.2 Å². The summed E-state index contributed by atoms with van der Waals surface area (Å²) in [6.45, 7) is 5.85. The maximum absolute atomic E-state index is 14.0. The summed E-state index contributed by atoms with van der Waals surface area (Å²) in [5, 5.41) is 18.7. The van der Waals surface area contributed by atoms with Crippen molar-refractivity contribution in [3.63, 3.8) is 0 Å². The molecule has 0 saturated carbocycles. The van der Waals surface area contributed by atoms with Crippen molar-refractivity contribution in [2.45, 2.75) is 37.8 Å². The monoisotopic (exact) mass is 634 g/mol. The van der Waals surface area contributed by atoms with Crippen molar-refractivity contribution in [1.82, 2.24) is 14.1 Å². The highest BCUT2D eigenvalue weighted by atomic mass is 32.2. The van der Waals surface area contributed by atoms with Gasteiger partial charge in [0.15, 0.2) is 0 Å². The van der Waals surface area contributed by atoms with Gasteiger partial charge in [-0.15, -0.1) is 4.68 Å². The van der Waals surface area contributed by atoms with Crippen LogP contribution in [-0.4, -0.2) is 72.3 Å². The first-order chi connectivity index (χ1) is 20.7. The minimum Gasteiger partial charge on any atom is -0.448 e. The van der Waals surface area contributed by atoms with Gasteiger partial charge < -0.3 is 19.7 Å². The molecule has 0 atom stereocenters. The Balaban J connectivity index is 1.54. The van der Waals surface area contributed by atoms with E-state index in [-0.39, 0.29) is 29.2 Å². The van der Waals surface area contributed by atoms with Crippen LogP contribution in [0, 0.1) is 21.7 Å². The Morgan fingerprint density at radius 1 is 1.14 bits per heavy atom. The summed E-state index contributed by atoms with van der Waals surface area (Å²) >= 11 is 0. The van der Waals surface area contributed by atoms with Gasteiger partial charge in [0.1, 0.15) is 23.0 Å². The topological polar surface area (TPSA) is 166 Å². The number of nitrogens with zero attached hydrogens (tertiary/aromatic N) is 5. The zero-order chi connectivity index (χ0) is 32.0. The van der Waals surface area contributed by atoms with Gasteiger partial charge in [-0.25, -0.2) is 22.0 Å². The van der Waals surface area contributed by atoms with Crippen molar-refractivity contribution in [1.29, 1.82) is 0 Å². The summed E-state index contributed by atoms with van der Waals surface area (Å²) in [6.07, 6.45) is -0.994. The molecule has 3 aromatic rings. The second-order valence-electron chi connectivity index (χ2n) is 10.5. The van der Waals surface area contributed by atoms with E-state index in [1.165, 1.54) is 26.0 Å². The van der Waals surface area contributed by atoms with Crippen LogP contribution in [0.2, 0.25) is 0 Å². The normalized spacial score (nSPS) is 16.4. The Labute approximate surface area is 250 Å². The predicted molar refractivity (Wildman–Crippen MR) is 151 cm³/mol. The number of hydrogen-bond acceptors (Lipinski definition) is 10. The number of amides is 1. The number of ether oxygens (including phenoxy) is 2. The lowest BCUT2D eigenvalue weighted by atomic mass is 10.0. The van der Waals surface area contributed by atoms with E-state index in [4.69, 9.17) is 9.47 Å². The highest BCUT2D eigenvalue weighted by Crippen LogP contribution is 2.45. The van der Waals surface area contributed by atoms with Crippen LogP contribution in [0.3, 0.4) is 0 Å². The minimum atomic E-state index is -4.53. The molecule has 44 heavy (non-hydrogen) atoms. The van der Waals surface area contributed by atoms with Crippen LogP contribution in [0.4, 0.5) is 30.8 Å². The molecule has 1 amide bonds. The maximum Gasteiger partial charge on any atom is 0.436 e. The third-order valence-corrected chi connectivity index (χ3v) is 9.38. The number of carbonyl (C=O) groups is 2. The number of sulfonamides is 1. The van der Waals surface area contributed by atoms with Crippen molar-refractivity contribution >= 4 is 39.2 Å². The van der Waals surface area contributed by atoms with Crippen LogP contribution in [0.1, 0.15) is 42.4 Å². The Hall–Kier alpha value is -4.48. The van der Waals surface area contributed by atoms with E-state index in [0.717, 1.165) is 8.99 Å². The third kappa shape index (κ3) is 5.48. The number of fused-ring (bicyclic) bond motifs is 1. The van der Waals surface area contributed by atoms with Gasteiger partial charge >= 0.3 is 6.09 Å². The number of nitro groups is 1. The molecule has 5 rings (SSSR count). The molecule has 2 aromatic carbocycles. The standard InChI is InChI=1S/C27H28F2N6O8S/c1-4-43-26(37)34-24(30-25(36)20-6-5-18(14-22(20)35(38)39)32-7-9-42-10-8-32)21-15-33(27(2,3)23(21)31-34)44(40,41)19-12-16(28)11-17(29)13-19/h5-6,11-14H,4,7-10,15H2,1-3H3,(H,30,36). The molecule has 14 nitrogen and oxygen atoms in total. The smallest absolute Gasteiger partial charge is 0.436 e. The average molecular weight is 635 g/mol. The van der Waals surface area contributed by atoms with Crippen LogP contribution in [0.15, 0.2) is 41.3 Å². The molecule has 2 aliphatic rings. The van der Waals surface area contributed by atoms with Crippen LogP contribution in [0.5, 0.6) is 0 Å². The summed E-state index contributed by atoms with van der Waals surface area (Å²) < 4.78 is 67.1. The van der Waals surface area contributed by atoms with E-state index in [0.29, 0.717) is 50.2 Å². The molecule has 0 bridgehead atoms. The molecule has 0 unspecified atom stereocenters. The first-order valence-electron chi connectivity index (χ1n) is 13.5. The lowest BCUT2D eigenvalue weighted by Gasteiger charge is -2.30. The second kappa shape index (κ2) is 11.5.